The van der Waals surface area contributed by atoms with E-state index in [2.05, 4.69) is 11.9 Å². The van der Waals surface area contributed by atoms with Gasteiger partial charge >= 0.3 is 0 Å². The molecule has 1 rings (SSSR count). The molecule has 0 aliphatic rings. The van der Waals surface area contributed by atoms with E-state index in [1.165, 1.54) is 18.2 Å². The molecule has 0 radical (unpaired) electrons. The number of benzene rings is 1. The third-order valence-electron chi connectivity index (χ3n) is 2.26. The second kappa shape index (κ2) is 5.51. The minimum atomic E-state index is -0.333. The molecule has 0 spiro atoms. The predicted octanol–water partition coefficient (Wildman–Crippen LogP) is 2.76. The zero-order chi connectivity index (χ0) is 11.3. The first-order valence-corrected chi connectivity index (χ1v) is 4.98. The molecule has 0 aromatic heterocycles. The van der Waals surface area contributed by atoms with Crippen LogP contribution >= 0.6 is 0 Å². The summed E-state index contributed by atoms with van der Waals surface area (Å²) in [6.45, 7) is 6.26. The molecule has 0 fully saturated rings. The molecule has 0 aliphatic carbocycles. The van der Waals surface area contributed by atoms with Crippen LogP contribution in [0.25, 0.3) is 0 Å². The van der Waals surface area contributed by atoms with E-state index >= 15 is 0 Å². The van der Waals surface area contributed by atoms with Crippen LogP contribution in [0.1, 0.15) is 24.9 Å². The van der Waals surface area contributed by atoms with Crippen molar-refractivity contribution in [1.29, 1.82) is 0 Å². The molecule has 82 valence electrons. The van der Waals surface area contributed by atoms with Crippen molar-refractivity contribution in [2.75, 3.05) is 6.54 Å². The Hall–Kier alpha value is -1.35. The van der Waals surface area contributed by atoms with E-state index in [4.69, 9.17) is 0 Å². The Morgan fingerprint density at radius 2 is 2.33 bits per heavy atom. The SMILES string of the molecule is C=CCCNC(C)c1cc(F)ccc1O. The average Bonchev–Trinajstić information content (AvgIpc) is 2.22. The minimum absolute atomic E-state index is 0.0688. The fraction of sp³-hybridized carbons (Fsp3) is 0.333. The summed E-state index contributed by atoms with van der Waals surface area (Å²) in [6, 6.07) is 3.90. The van der Waals surface area contributed by atoms with Crippen LogP contribution in [-0.2, 0) is 0 Å². The molecule has 1 aromatic rings. The molecule has 0 bridgehead atoms. The highest BCUT2D eigenvalue weighted by molar-refractivity contribution is 5.34. The van der Waals surface area contributed by atoms with Gasteiger partial charge in [0.25, 0.3) is 0 Å². The second-order valence-electron chi connectivity index (χ2n) is 3.46. The first-order valence-electron chi connectivity index (χ1n) is 4.98. The van der Waals surface area contributed by atoms with Gasteiger partial charge < -0.3 is 10.4 Å². The zero-order valence-electron chi connectivity index (χ0n) is 8.83. The van der Waals surface area contributed by atoms with Gasteiger partial charge in [0.05, 0.1) is 0 Å². The summed E-state index contributed by atoms with van der Waals surface area (Å²) < 4.78 is 12.9. The number of phenols is 1. The van der Waals surface area contributed by atoms with Crippen molar-refractivity contribution >= 4 is 0 Å². The van der Waals surface area contributed by atoms with E-state index in [0.29, 0.717) is 5.56 Å². The number of hydrogen-bond acceptors (Lipinski definition) is 2. The normalized spacial score (nSPS) is 12.4. The number of hydrogen-bond donors (Lipinski definition) is 2. The summed E-state index contributed by atoms with van der Waals surface area (Å²) in [4.78, 5) is 0. The highest BCUT2D eigenvalue weighted by Gasteiger charge is 2.10. The Balaban J connectivity index is 2.67. The topological polar surface area (TPSA) is 32.3 Å². The van der Waals surface area contributed by atoms with Gasteiger partial charge in [-0.05, 0) is 38.1 Å². The van der Waals surface area contributed by atoms with Crippen molar-refractivity contribution in [2.45, 2.75) is 19.4 Å². The van der Waals surface area contributed by atoms with Gasteiger partial charge in [0.1, 0.15) is 11.6 Å². The number of halogens is 1. The molecular weight excluding hydrogens is 193 g/mol. The Labute approximate surface area is 89.4 Å². The number of aromatic hydroxyl groups is 1. The molecule has 0 heterocycles. The summed E-state index contributed by atoms with van der Waals surface area (Å²) in [5.74, 6) is -0.213. The second-order valence-corrected chi connectivity index (χ2v) is 3.46. The van der Waals surface area contributed by atoms with E-state index in [1.807, 2.05) is 13.0 Å². The van der Waals surface area contributed by atoms with E-state index in [9.17, 15) is 9.50 Å². The summed E-state index contributed by atoms with van der Waals surface area (Å²) in [5, 5.41) is 12.7. The number of rotatable bonds is 5. The maximum absolute atomic E-state index is 12.9. The summed E-state index contributed by atoms with van der Waals surface area (Å²) >= 11 is 0. The third-order valence-corrected chi connectivity index (χ3v) is 2.26. The van der Waals surface area contributed by atoms with E-state index < -0.39 is 0 Å². The molecule has 2 N–H and O–H groups in total. The molecule has 1 atom stereocenters. The summed E-state index contributed by atoms with van der Waals surface area (Å²) in [7, 11) is 0. The van der Waals surface area contributed by atoms with Gasteiger partial charge in [-0.2, -0.15) is 0 Å². The largest absolute Gasteiger partial charge is 0.508 e. The fourth-order valence-corrected chi connectivity index (χ4v) is 1.38. The van der Waals surface area contributed by atoms with Gasteiger partial charge in [-0.1, -0.05) is 6.08 Å². The molecule has 0 amide bonds. The number of nitrogens with one attached hydrogen (secondary N) is 1. The van der Waals surface area contributed by atoms with Crippen molar-refractivity contribution in [3.05, 3.63) is 42.2 Å². The highest BCUT2D eigenvalue weighted by atomic mass is 19.1. The lowest BCUT2D eigenvalue weighted by Gasteiger charge is -2.14. The molecule has 1 unspecified atom stereocenters. The summed E-state index contributed by atoms with van der Waals surface area (Å²) in [5.41, 5.74) is 0.582. The van der Waals surface area contributed by atoms with E-state index in [-0.39, 0.29) is 17.6 Å². The average molecular weight is 209 g/mol. The third kappa shape index (κ3) is 3.36. The molecule has 3 heteroatoms. The van der Waals surface area contributed by atoms with Crippen LogP contribution in [0.5, 0.6) is 5.75 Å². The first kappa shape index (κ1) is 11.7. The minimum Gasteiger partial charge on any atom is -0.508 e. The smallest absolute Gasteiger partial charge is 0.123 e. The van der Waals surface area contributed by atoms with Crippen molar-refractivity contribution < 1.29 is 9.50 Å². The van der Waals surface area contributed by atoms with Crippen LogP contribution in [0, 0.1) is 5.82 Å². The predicted molar refractivity (Wildman–Crippen MR) is 59.3 cm³/mol. The Morgan fingerprint density at radius 1 is 1.60 bits per heavy atom. The Bertz CT molecular complexity index is 338. The Kier molecular flexibility index (Phi) is 4.31. The monoisotopic (exact) mass is 209 g/mol. The van der Waals surface area contributed by atoms with Crippen LogP contribution in [-0.4, -0.2) is 11.7 Å². The van der Waals surface area contributed by atoms with Crippen LogP contribution in [0.15, 0.2) is 30.9 Å². The lowest BCUT2D eigenvalue weighted by atomic mass is 10.1. The van der Waals surface area contributed by atoms with E-state index in [0.717, 1.165) is 13.0 Å². The van der Waals surface area contributed by atoms with Gasteiger partial charge in [0.15, 0.2) is 0 Å². The maximum atomic E-state index is 12.9. The van der Waals surface area contributed by atoms with E-state index in [1.54, 1.807) is 0 Å². The van der Waals surface area contributed by atoms with Gasteiger partial charge in [0, 0.05) is 11.6 Å². The van der Waals surface area contributed by atoms with Gasteiger partial charge in [-0.25, -0.2) is 4.39 Å². The van der Waals surface area contributed by atoms with Crippen LogP contribution < -0.4 is 5.32 Å². The number of phenolic OH excluding ortho intramolecular Hbond substituents is 1. The zero-order valence-corrected chi connectivity index (χ0v) is 8.83. The first-order chi connectivity index (χ1) is 7.15. The van der Waals surface area contributed by atoms with Crippen LogP contribution in [0.2, 0.25) is 0 Å². The van der Waals surface area contributed by atoms with Gasteiger partial charge in [0.2, 0.25) is 0 Å². The van der Waals surface area contributed by atoms with Crippen LogP contribution in [0.4, 0.5) is 4.39 Å². The van der Waals surface area contributed by atoms with Gasteiger partial charge in [-0.15, -0.1) is 6.58 Å². The molecule has 15 heavy (non-hydrogen) atoms. The summed E-state index contributed by atoms with van der Waals surface area (Å²) in [6.07, 6.45) is 2.66. The van der Waals surface area contributed by atoms with Gasteiger partial charge in [-0.3, -0.25) is 0 Å². The Morgan fingerprint density at radius 3 is 3.00 bits per heavy atom. The molecule has 0 saturated heterocycles. The maximum Gasteiger partial charge on any atom is 0.123 e. The highest BCUT2D eigenvalue weighted by Crippen LogP contribution is 2.24. The molecule has 0 aliphatic heterocycles. The van der Waals surface area contributed by atoms with Crippen molar-refractivity contribution in [3.8, 4) is 5.75 Å². The quantitative estimate of drug-likeness (QED) is 0.577. The molecule has 1 aromatic carbocycles. The fourth-order valence-electron chi connectivity index (χ4n) is 1.38. The van der Waals surface area contributed by atoms with Crippen molar-refractivity contribution in [2.24, 2.45) is 0 Å². The van der Waals surface area contributed by atoms with Crippen molar-refractivity contribution in [1.82, 2.24) is 5.32 Å². The van der Waals surface area contributed by atoms with Crippen molar-refractivity contribution in [3.63, 3.8) is 0 Å². The molecule has 0 saturated carbocycles. The molecule has 2 nitrogen and oxygen atoms in total. The lowest BCUT2D eigenvalue weighted by Crippen LogP contribution is -2.19. The molecular formula is C12H16FNO. The standard InChI is InChI=1S/C12H16FNO/c1-3-4-7-14-9(2)11-8-10(13)5-6-12(11)15/h3,5-6,8-9,14-15H,1,4,7H2,2H3. The van der Waals surface area contributed by atoms with Crippen LogP contribution in [0.3, 0.4) is 0 Å². The lowest BCUT2D eigenvalue weighted by molar-refractivity contribution is 0.450.